The Labute approximate surface area is 97.0 Å². The van der Waals surface area contributed by atoms with E-state index in [0.717, 1.165) is 18.4 Å². The molecule has 1 aromatic carbocycles. The van der Waals surface area contributed by atoms with Crippen molar-refractivity contribution < 1.29 is 13.0 Å². The van der Waals surface area contributed by atoms with Crippen LogP contribution in [0.5, 0.6) is 0 Å². The molecular weight excluding hydrogens is 226 g/mol. The fourth-order valence-electron chi connectivity index (χ4n) is 1.41. The molecule has 0 fully saturated rings. The highest BCUT2D eigenvalue weighted by molar-refractivity contribution is 7.85. The highest BCUT2D eigenvalue weighted by atomic mass is 32.2. The molecule has 0 unspecified atom stereocenters. The molecular formula is C11H19NO3S. The summed E-state index contributed by atoms with van der Waals surface area (Å²) in [6.45, 7) is 2.14. The summed E-state index contributed by atoms with van der Waals surface area (Å²) >= 11 is 0. The summed E-state index contributed by atoms with van der Waals surface area (Å²) in [6, 6.07) is 6.38. The van der Waals surface area contributed by atoms with Gasteiger partial charge in [0.25, 0.3) is 10.1 Å². The van der Waals surface area contributed by atoms with Crippen LogP contribution in [-0.2, 0) is 16.5 Å². The van der Waals surface area contributed by atoms with Crippen LogP contribution in [-0.4, -0.2) is 13.0 Å². The van der Waals surface area contributed by atoms with Crippen molar-refractivity contribution in [1.82, 2.24) is 6.15 Å². The molecule has 4 nitrogen and oxygen atoms in total. The Kier molecular flexibility index (Phi) is 6.25. The number of aryl methyl sites for hydroxylation is 1. The molecule has 4 N–H and O–H groups in total. The van der Waals surface area contributed by atoms with Gasteiger partial charge in [0, 0.05) is 0 Å². The zero-order valence-corrected chi connectivity index (χ0v) is 10.3. The summed E-state index contributed by atoms with van der Waals surface area (Å²) in [6.07, 6.45) is 4.42. The number of benzene rings is 1. The largest absolute Gasteiger partial charge is 0.344 e. The summed E-state index contributed by atoms with van der Waals surface area (Å²) in [4.78, 5) is -0.0401. The third-order valence-electron chi connectivity index (χ3n) is 2.29. The van der Waals surface area contributed by atoms with Gasteiger partial charge in [0.15, 0.2) is 0 Å². The van der Waals surface area contributed by atoms with E-state index in [1.165, 1.54) is 25.0 Å². The number of unbranched alkanes of at least 4 members (excludes halogenated alkanes) is 2. The maximum atomic E-state index is 10.8. The summed E-state index contributed by atoms with van der Waals surface area (Å²) < 4.78 is 30.3. The molecule has 1 rings (SSSR count). The Balaban J connectivity index is 0.00000225. The molecule has 0 amide bonds. The smallest absolute Gasteiger partial charge is 0.294 e. The molecule has 0 saturated heterocycles. The normalized spacial score (nSPS) is 10.9. The predicted molar refractivity (Wildman–Crippen MR) is 64.5 cm³/mol. The maximum absolute atomic E-state index is 10.8. The Morgan fingerprint density at radius 1 is 1.12 bits per heavy atom. The van der Waals surface area contributed by atoms with E-state index >= 15 is 0 Å². The van der Waals surface area contributed by atoms with Crippen molar-refractivity contribution in [3.8, 4) is 0 Å². The van der Waals surface area contributed by atoms with E-state index in [1.54, 1.807) is 12.1 Å². The van der Waals surface area contributed by atoms with Crippen molar-refractivity contribution in [1.29, 1.82) is 0 Å². The van der Waals surface area contributed by atoms with Crippen molar-refractivity contribution in [2.75, 3.05) is 0 Å². The molecule has 0 aliphatic rings. The molecule has 0 aliphatic heterocycles. The maximum Gasteiger partial charge on any atom is 0.294 e. The first-order valence-electron chi connectivity index (χ1n) is 5.10. The second-order valence-corrected chi connectivity index (χ2v) is 5.00. The van der Waals surface area contributed by atoms with Crippen LogP contribution in [0.15, 0.2) is 29.2 Å². The van der Waals surface area contributed by atoms with Gasteiger partial charge in [0.05, 0.1) is 4.90 Å². The fraction of sp³-hybridized carbons (Fsp3) is 0.455. The van der Waals surface area contributed by atoms with E-state index in [4.69, 9.17) is 4.55 Å². The average Bonchev–Trinajstić information content (AvgIpc) is 2.18. The summed E-state index contributed by atoms with van der Waals surface area (Å²) in [7, 11) is -4.04. The minimum absolute atomic E-state index is 0. The standard InChI is InChI=1S/C11H16O3S.H3N/c1-2-3-4-5-10-6-8-11(9-7-10)15(12,13)14;/h6-9H,2-5H2,1H3,(H,12,13,14);1H3. The van der Waals surface area contributed by atoms with Crippen LogP contribution in [0.2, 0.25) is 0 Å². The molecule has 0 spiro atoms. The van der Waals surface area contributed by atoms with E-state index in [-0.39, 0.29) is 11.0 Å². The Morgan fingerprint density at radius 3 is 2.12 bits per heavy atom. The molecule has 0 saturated carbocycles. The van der Waals surface area contributed by atoms with Gasteiger partial charge in [-0.3, -0.25) is 4.55 Å². The van der Waals surface area contributed by atoms with Crippen LogP contribution >= 0.6 is 0 Å². The van der Waals surface area contributed by atoms with Crippen LogP contribution in [0.25, 0.3) is 0 Å². The molecule has 0 atom stereocenters. The summed E-state index contributed by atoms with van der Waals surface area (Å²) in [5.41, 5.74) is 1.11. The lowest BCUT2D eigenvalue weighted by molar-refractivity contribution is 0.483. The molecule has 1 aromatic rings. The third kappa shape index (κ3) is 4.74. The van der Waals surface area contributed by atoms with E-state index in [1.807, 2.05) is 0 Å². The van der Waals surface area contributed by atoms with Crippen LogP contribution in [0.4, 0.5) is 0 Å². The highest BCUT2D eigenvalue weighted by Crippen LogP contribution is 2.12. The van der Waals surface area contributed by atoms with Gasteiger partial charge < -0.3 is 6.15 Å². The fourth-order valence-corrected chi connectivity index (χ4v) is 1.89. The van der Waals surface area contributed by atoms with Gasteiger partial charge in [-0.2, -0.15) is 8.42 Å². The second kappa shape index (κ2) is 6.62. The van der Waals surface area contributed by atoms with E-state index in [0.29, 0.717) is 0 Å². The van der Waals surface area contributed by atoms with Gasteiger partial charge in [-0.05, 0) is 30.5 Å². The zero-order valence-electron chi connectivity index (χ0n) is 9.52. The van der Waals surface area contributed by atoms with E-state index in [2.05, 4.69) is 6.92 Å². The van der Waals surface area contributed by atoms with Crippen LogP contribution < -0.4 is 6.15 Å². The summed E-state index contributed by atoms with van der Waals surface area (Å²) in [5.74, 6) is 0. The van der Waals surface area contributed by atoms with Crippen LogP contribution in [0.1, 0.15) is 31.7 Å². The second-order valence-electron chi connectivity index (χ2n) is 3.58. The number of hydrogen-bond acceptors (Lipinski definition) is 3. The van der Waals surface area contributed by atoms with Crippen molar-refractivity contribution >= 4 is 10.1 Å². The molecule has 0 bridgehead atoms. The lowest BCUT2D eigenvalue weighted by atomic mass is 10.1. The molecule has 16 heavy (non-hydrogen) atoms. The van der Waals surface area contributed by atoms with Gasteiger partial charge in [0.1, 0.15) is 0 Å². The molecule has 0 aliphatic carbocycles. The van der Waals surface area contributed by atoms with Crippen molar-refractivity contribution in [2.24, 2.45) is 0 Å². The number of rotatable bonds is 5. The van der Waals surface area contributed by atoms with Crippen molar-refractivity contribution in [3.63, 3.8) is 0 Å². The van der Waals surface area contributed by atoms with Gasteiger partial charge in [0.2, 0.25) is 0 Å². The van der Waals surface area contributed by atoms with Gasteiger partial charge in [-0.25, -0.2) is 0 Å². The minimum atomic E-state index is -4.04. The van der Waals surface area contributed by atoms with Gasteiger partial charge >= 0.3 is 0 Å². The molecule has 0 heterocycles. The van der Waals surface area contributed by atoms with Crippen LogP contribution in [0.3, 0.4) is 0 Å². The first kappa shape index (κ1) is 15.1. The highest BCUT2D eigenvalue weighted by Gasteiger charge is 2.07. The van der Waals surface area contributed by atoms with Crippen molar-refractivity contribution in [3.05, 3.63) is 29.8 Å². The topological polar surface area (TPSA) is 89.4 Å². The summed E-state index contributed by atoms with van der Waals surface area (Å²) in [5, 5.41) is 0. The lowest BCUT2D eigenvalue weighted by Crippen LogP contribution is -1.97. The van der Waals surface area contributed by atoms with Gasteiger partial charge in [-0.15, -0.1) is 0 Å². The molecule has 92 valence electrons. The Hall–Kier alpha value is -0.910. The first-order valence-corrected chi connectivity index (χ1v) is 6.54. The SMILES string of the molecule is CCCCCc1ccc(S(=O)(=O)O)cc1.N. The average molecular weight is 245 g/mol. The monoisotopic (exact) mass is 245 g/mol. The predicted octanol–water partition coefficient (Wildman–Crippen LogP) is 2.83. The minimum Gasteiger partial charge on any atom is -0.344 e. The molecule has 0 aromatic heterocycles. The van der Waals surface area contributed by atoms with Crippen molar-refractivity contribution in [2.45, 2.75) is 37.5 Å². The zero-order chi connectivity index (χ0) is 11.3. The van der Waals surface area contributed by atoms with Crippen LogP contribution in [0, 0.1) is 0 Å². The Bertz CT molecular complexity index is 398. The van der Waals surface area contributed by atoms with E-state index in [9.17, 15) is 8.42 Å². The third-order valence-corrected chi connectivity index (χ3v) is 3.16. The van der Waals surface area contributed by atoms with Gasteiger partial charge in [-0.1, -0.05) is 31.9 Å². The first-order chi connectivity index (χ1) is 7.04. The van der Waals surface area contributed by atoms with E-state index < -0.39 is 10.1 Å². The number of hydrogen-bond donors (Lipinski definition) is 2. The molecule has 5 heteroatoms. The quantitative estimate of drug-likeness (QED) is 0.616. The molecule has 0 radical (unpaired) electrons. The Morgan fingerprint density at radius 2 is 1.69 bits per heavy atom. The lowest BCUT2D eigenvalue weighted by Gasteiger charge is -2.01.